The van der Waals surface area contributed by atoms with Crippen LogP contribution in [0.25, 0.3) is 0 Å². The lowest BCUT2D eigenvalue weighted by molar-refractivity contribution is -0.140. The summed E-state index contributed by atoms with van der Waals surface area (Å²) in [6.07, 6.45) is 2.79. The van der Waals surface area contributed by atoms with E-state index in [0.29, 0.717) is 18.7 Å². The van der Waals surface area contributed by atoms with Gasteiger partial charge in [-0.15, -0.1) is 12.4 Å². The number of amides is 1. The number of hydrogen-bond acceptors (Lipinski definition) is 5. The van der Waals surface area contributed by atoms with Crippen molar-refractivity contribution in [2.24, 2.45) is 0 Å². The van der Waals surface area contributed by atoms with Gasteiger partial charge in [0.05, 0.1) is 7.11 Å². The van der Waals surface area contributed by atoms with Gasteiger partial charge in [0.25, 0.3) is 0 Å². The summed E-state index contributed by atoms with van der Waals surface area (Å²) in [6, 6.07) is 5.62. The number of rotatable bonds is 7. The maximum Gasteiger partial charge on any atom is 0.414 e. The van der Waals surface area contributed by atoms with Crippen LogP contribution in [-0.4, -0.2) is 44.2 Å². The SMILES string of the molecule is CCCCN(C)C(=O)Oc1ccc2c(c1)NCC2CCC(=O)OC.Cl. The topological polar surface area (TPSA) is 67.9 Å². The molecule has 0 aromatic heterocycles. The molecule has 1 atom stereocenters. The van der Waals surface area contributed by atoms with Crippen molar-refractivity contribution >= 4 is 30.2 Å². The summed E-state index contributed by atoms with van der Waals surface area (Å²) in [5.41, 5.74) is 2.12. The van der Waals surface area contributed by atoms with Crippen LogP contribution in [0.15, 0.2) is 18.2 Å². The molecule has 1 aliphatic heterocycles. The van der Waals surface area contributed by atoms with Crippen LogP contribution in [0.5, 0.6) is 5.75 Å². The van der Waals surface area contributed by atoms with E-state index >= 15 is 0 Å². The number of nitrogens with one attached hydrogen (secondary N) is 1. The van der Waals surface area contributed by atoms with Crippen molar-refractivity contribution < 1.29 is 19.1 Å². The van der Waals surface area contributed by atoms with Crippen LogP contribution in [-0.2, 0) is 9.53 Å². The van der Waals surface area contributed by atoms with Gasteiger partial charge in [0.2, 0.25) is 0 Å². The van der Waals surface area contributed by atoms with E-state index in [1.165, 1.54) is 7.11 Å². The van der Waals surface area contributed by atoms with Gasteiger partial charge in [0.1, 0.15) is 5.75 Å². The minimum absolute atomic E-state index is 0. The molecule has 1 heterocycles. The molecule has 1 aromatic rings. The quantitative estimate of drug-likeness (QED) is 0.739. The maximum absolute atomic E-state index is 12.0. The molecule has 0 fully saturated rings. The Morgan fingerprint density at radius 1 is 1.36 bits per heavy atom. The first-order valence-corrected chi connectivity index (χ1v) is 8.42. The van der Waals surface area contributed by atoms with Gasteiger partial charge in [-0.25, -0.2) is 4.79 Å². The number of halogens is 1. The molecule has 0 bridgehead atoms. The summed E-state index contributed by atoms with van der Waals surface area (Å²) >= 11 is 0. The highest BCUT2D eigenvalue weighted by atomic mass is 35.5. The summed E-state index contributed by atoms with van der Waals surface area (Å²) in [7, 11) is 3.15. The lowest BCUT2D eigenvalue weighted by atomic mass is 9.96. The van der Waals surface area contributed by atoms with E-state index in [1.54, 1.807) is 11.9 Å². The second-order valence-corrected chi connectivity index (χ2v) is 6.08. The normalized spacial score (nSPS) is 14.8. The molecule has 0 aliphatic carbocycles. The van der Waals surface area contributed by atoms with Crippen molar-refractivity contribution in [1.82, 2.24) is 4.90 Å². The Labute approximate surface area is 155 Å². The highest BCUT2D eigenvalue weighted by Crippen LogP contribution is 2.36. The Kier molecular flexibility index (Phi) is 8.55. The standard InChI is InChI=1S/C18H26N2O4.ClH/c1-4-5-10-20(2)18(22)24-14-7-8-15-13(6-9-17(21)23-3)12-19-16(15)11-14;/h7-8,11,13,19H,4-6,9-10,12H2,1-3H3;1H. The number of methoxy groups -OCH3 is 1. The van der Waals surface area contributed by atoms with Gasteiger partial charge in [-0.1, -0.05) is 19.4 Å². The zero-order chi connectivity index (χ0) is 17.5. The molecule has 1 unspecified atom stereocenters. The van der Waals surface area contributed by atoms with Crippen LogP contribution in [0.4, 0.5) is 10.5 Å². The number of benzene rings is 1. The molecule has 2 rings (SSSR count). The molecular formula is C18H27ClN2O4. The minimum Gasteiger partial charge on any atom is -0.469 e. The summed E-state index contributed by atoms with van der Waals surface area (Å²) in [5, 5.41) is 3.31. The van der Waals surface area contributed by atoms with Crippen molar-refractivity contribution in [3.8, 4) is 5.75 Å². The summed E-state index contributed by atoms with van der Waals surface area (Å²) < 4.78 is 10.1. The van der Waals surface area contributed by atoms with E-state index in [-0.39, 0.29) is 30.4 Å². The zero-order valence-corrected chi connectivity index (χ0v) is 15.9. The Hall–Kier alpha value is -1.95. The van der Waals surface area contributed by atoms with Crippen molar-refractivity contribution in [1.29, 1.82) is 0 Å². The van der Waals surface area contributed by atoms with E-state index in [0.717, 1.165) is 37.1 Å². The van der Waals surface area contributed by atoms with Gasteiger partial charge in [-0.05, 0) is 24.5 Å². The lowest BCUT2D eigenvalue weighted by Crippen LogP contribution is -2.30. The van der Waals surface area contributed by atoms with Crippen LogP contribution in [0.2, 0.25) is 0 Å². The zero-order valence-electron chi connectivity index (χ0n) is 15.0. The number of fused-ring (bicyclic) bond motifs is 1. The second kappa shape index (κ2) is 10.1. The van der Waals surface area contributed by atoms with Crippen LogP contribution < -0.4 is 10.1 Å². The Balaban J connectivity index is 0.00000312. The third-order valence-electron chi connectivity index (χ3n) is 4.29. The monoisotopic (exact) mass is 370 g/mol. The van der Waals surface area contributed by atoms with E-state index < -0.39 is 0 Å². The fourth-order valence-corrected chi connectivity index (χ4v) is 2.77. The van der Waals surface area contributed by atoms with Gasteiger partial charge in [-0.3, -0.25) is 4.79 Å². The third-order valence-corrected chi connectivity index (χ3v) is 4.29. The predicted octanol–water partition coefficient (Wildman–Crippen LogP) is 3.80. The van der Waals surface area contributed by atoms with E-state index in [1.807, 2.05) is 18.2 Å². The van der Waals surface area contributed by atoms with Crippen LogP contribution in [0.3, 0.4) is 0 Å². The van der Waals surface area contributed by atoms with Crippen molar-refractivity contribution in [2.75, 3.05) is 32.6 Å². The first kappa shape index (κ1) is 21.1. The van der Waals surface area contributed by atoms with E-state index in [4.69, 9.17) is 4.74 Å². The average molecular weight is 371 g/mol. The molecule has 0 radical (unpaired) electrons. The van der Waals surface area contributed by atoms with Gasteiger partial charge in [0.15, 0.2) is 0 Å². The lowest BCUT2D eigenvalue weighted by Gasteiger charge is -2.16. The van der Waals surface area contributed by atoms with Crippen LogP contribution in [0, 0.1) is 0 Å². The van der Waals surface area contributed by atoms with Crippen molar-refractivity contribution in [2.45, 2.75) is 38.5 Å². The predicted molar refractivity (Wildman–Crippen MR) is 99.7 cm³/mol. The molecule has 1 aromatic carbocycles. The number of unbranched alkanes of at least 4 members (excludes halogenated alkanes) is 1. The number of ether oxygens (including phenoxy) is 2. The number of nitrogens with zero attached hydrogens (tertiary/aromatic N) is 1. The van der Waals surface area contributed by atoms with E-state index in [9.17, 15) is 9.59 Å². The Morgan fingerprint density at radius 3 is 2.80 bits per heavy atom. The van der Waals surface area contributed by atoms with Crippen molar-refractivity contribution in [3.05, 3.63) is 23.8 Å². The first-order valence-electron chi connectivity index (χ1n) is 8.42. The van der Waals surface area contributed by atoms with Crippen molar-refractivity contribution in [3.63, 3.8) is 0 Å². The number of carbonyl (C=O) groups is 2. The average Bonchev–Trinajstić information content (AvgIpc) is 2.99. The molecule has 7 heteroatoms. The molecule has 25 heavy (non-hydrogen) atoms. The largest absolute Gasteiger partial charge is 0.469 e. The Bertz CT molecular complexity index is 594. The van der Waals surface area contributed by atoms with Gasteiger partial charge in [0, 0.05) is 44.2 Å². The summed E-state index contributed by atoms with van der Waals surface area (Å²) in [6.45, 7) is 3.55. The fraction of sp³-hybridized carbons (Fsp3) is 0.556. The highest BCUT2D eigenvalue weighted by Gasteiger charge is 2.24. The van der Waals surface area contributed by atoms with Crippen LogP contribution in [0.1, 0.15) is 44.1 Å². The summed E-state index contributed by atoms with van der Waals surface area (Å²) in [4.78, 5) is 24.9. The first-order chi connectivity index (χ1) is 11.5. The minimum atomic E-state index is -0.344. The molecule has 0 saturated heterocycles. The smallest absolute Gasteiger partial charge is 0.414 e. The third kappa shape index (κ3) is 5.81. The van der Waals surface area contributed by atoms with Crippen LogP contribution >= 0.6 is 12.4 Å². The number of anilines is 1. The molecule has 1 aliphatic rings. The molecule has 1 amide bonds. The Morgan fingerprint density at radius 2 is 2.12 bits per heavy atom. The van der Waals surface area contributed by atoms with Gasteiger partial charge in [-0.2, -0.15) is 0 Å². The fourth-order valence-electron chi connectivity index (χ4n) is 2.77. The molecule has 6 nitrogen and oxygen atoms in total. The number of carbonyl (C=O) groups excluding carboxylic acids is 2. The van der Waals surface area contributed by atoms with E-state index in [2.05, 4.69) is 17.0 Å². The number of hydrogen-bond donors (Lipinski definition) is 1. The van der Waals surface area contributed by atoms with Gasteiger partial charge < -0.3 is 19.7 Å². The molecule has 140 valence electrons. The summed E-state index contributed by atoms with van der Waals surface area (Å²) in [5.74, 6) is 0.614. The molecular weight excluding hydrogens is 344 g/mol. The molecule has 1 N–H and O–H groups in total. The highest BCUT2D eigenvalue weighted by molar-refractivity contribution is 5.85. The maximum atomic E-state index is 12.0. The number of esters is 1. The van der Waals surface area contributed by atoms with Gasteiger partial charge >= 0.3 is 12.1 Å². The molecule has 0 saturated carbocycles. The molecule has 0 spiro atoms. The second-order valence-electron chi connectivity index (χ2n) is 6.08.